The summed E-state index contributed by atoms with van der Waals surface area (Å²) in [6.07, 6.45) is -4.78. The summed E-state index contributed by atoms with van der Waals surface area (Å²) in [5.41, 5.74) is 0.796. The van der Waals surface area contributed by atoms with Crippen LogP contribution in [0, 0.1) is 5.82 Å². The summed E-state index contributed by atoms with van der Waals surface area (Å²) < 4.78 is 55.7. The molecule has 0 radical (unpaired) electrons. The minimum atomic E-state index is -4.78. The lowest BCUT2D eigenvalue weighted by molar-refractivity contribution is -0.274. The highest BCUT2D eigenvalue weighted by Gasteiger charge is 2.32. The molecule has 0 amide bonds. The third kappa shape index (κ3) is 4.85. The molecule has 9 heteroatoms. The standard InChI is InChI=1S/C18H16Cl2F4N2O/c19-13-5-6-14(21)15(16(13)20)17(26-9-7-25-8-10-26)11-1-3-12(4-2-11)27-18(22,23)24/h1-6,17,25H,7-10H2/t17-/m0/s1. The zero-order chi connectivity index (χ0) is 19.6. The summed E-state index contributed by atoms with van der Waals surface area (Å²) in [5.74, 6) is -0.869. The number of alkyl halides is 3. The SMILES string of the molecule is Fc1ccc(Cl)c(Cl)c1[C@H](c1ccc(OC(F)(F)F)cc1)N1CCNCC1. The molecule has 2 aromatic carbocycles. The Morgan fingerprint density at radius 1 is 1.00 bits per heavy atom. The van der Waals surface area contributed by atoms with Crippen molar-refractivity contribution < 1.29 is 22.3 Å². The summed E-state index contributed by atoms with van der Waals surface area (Å²) in [4.78, 5) is 2.01. The highest BCUT2D eigenvalue weighted by molar-refractivity contribution is 6.42. The molecular weight excluding hydrogens is 407 g/mol. The van der Waals surface area contributed by atoms with Gasteiger partial charge in [0, 0.05) is 31.7 Å². The van der Waals surface area contributed by atoms with Crippen LogP contribution >= 0.6 is 23.2 Å². The predicted octanol–water partition coefficient (Wildman–Crippen LogP) is 5.03. The third-order valence-electron chi connectivity index (χ3n) is 4.30. The molecule has 1 heterocycles. The lowest BCUT2D eigenvalue weighted by atomic mass is 9.95. The van der Waals surface area contributed by atoms with Gasteiger partial charge in [0.15, 0.2) is 0 Å². The molecule has 1 aliphatic rings. The van der Waals surface area contributed by atoms with Crippen molar-refractivity contribution in [2.45, 2.75) is 12.4 Å². The maximum atomic E-state index is 14.7. The first-order valence-electron chi connectivity index (χ1n) is 8.20. The normalized spacial score (nSPS) is 17.0. The molecule has 146 valence electrons. The Labute approximate surface area is 163 Å². The largest absolute Gasteiger partial charge is 0.573 e. The van der Waals surface area contributed by atoms with Crippen LogP contribution in [-0.2, 0) is 0 Å². The van der Waals surface area contributed by atoms with Gasteiger partial charge in [-0.1, -0.05) is 35.3 Å². The summed E-state index contributed by atoms with van der Waals surface area (Å²) in [6, 6.07) is 7.38. The molecule has 0 bridgehead atoms. The fourth-order valence-corrected chi connectivity index (χ4v) is 3.57. The number of halogens is 6. The minimum absolute atomic E-state index is 0.0933. The van der Waals surface area contributed by atoms with Crippen LogP contribution in [0.5, 0.6) is 5.75 Å². The second-order valence-electron chi connectivity index (χ2n) is 6.06. The third-order valence-corrected chi connectivity index (χ3v) is 5.12. The van der Waals surface area contributed by atoms with Crippen molar-refractivity contribution >= 4 is 23.2 Å². The van der Waals surface area contributed by atoms with Crippen LogP contribution in [0.15, 0.2) is 36.4 Å². The van der Waals surface area contributed by atoms with Crippen LogP contribution in [-0.4, -0.2) is 37.4 Å². The zero-order valence-corrected chi connectivity index (χ0v) is 15.5. The fourth-order valence-electron chi connectivity index (χ4n) is 3.15. The van der Waals surface area contributed by atoms with Crippen molar-refractivity contribution in [3.8, 4) is 5.75 Å². The Balaban J connectivity index is 2.02. The summed E-state index contributed by atoms with van der Waals surface area (Å²) in [5, 5.41) is 3.52. The molecule has 0 spiro atoms. The average Bonchev–Trinajstić information content (AvgIpc) is 2.62. The molecular formula is C18H16Cl2F4N2O. The van der Waals surface area contributed by atoms with Gasteiger partial charge in [0.05, 0.1) is 16.1 Å². The molecule has 3 rings (SSSR count). The maximum absolute atomic E-state index is 14.7. The van der Waals surface area contributed by atoms with E-state index in [0.717, 1.165) is 0 Å². The van der Waals surface area contributed by atoms with E-state index in [4.69, 9.17) is 23.2 Å². The lowest BCUT2D eigenvalue weighted by Gasteiger charge is -2.36. The molecule has 27 heavy (non-hydrogen) atoms. The molecule has 1 atom stereocenters. The molecule has 2 aromatic rings. The van der Waals surface area contributed by atoms with E-state index in [1.54, 1.807) is 0 Å². The van der Waals surface area contributed by atoms with Gasteiger partial charge >= 0.3 is 6.36 Å². The second-order valence-corrected chi connectivity index (χ2v) is 6.85. The molecule has 1 aliphatic heterocycles. The van der Waals surface area contributed by atoms with Gasteiger partial charge in [-0.15, -0.1) is 13.2 Å². The number of nitrogens with one attached hydrogen (secondary N) is 1. The highest BCUT2D eigenvalue weighted by Crippen LogP contribution is 2.39. The average molecular weight is 423 g/mol. The number of hydrogen-bond acceptors (Lipinski definition) is 3. The molecule has 1 saturated heterocycles. The summed E-state index contributed by atoms with van der Waals surface area (Å²) in [6.45, 7) is 2.64. The van der Waals surface area contributed by atoms with E-state index >= 15 is 0 Å². The van der Waals surface area contributed by atoms with Crippen molar-refractivity contribution in [2.75, 3.05) is 26.2 Å². The van der Waals surface area contributed by atoms with E-state index in [2.05, 4.69) is 10.1 Å². The topological polar surface area (TPSA) is 24.5 Å². The first kappa shape index (κ1) is 20.2. The monoisotopic (exact) mass is 422 g/mol. The molecule has 0 aliphatic carbocycles. The van der Waals surface area contributed by atoms with Crippen LogP contribution < -0.4 is 10.1 Å². The first-order chi connectivity index (χ1) is 12.8. The molecule has 0 aromatic heterocycles. The molecule has 0 saturated carbocycles. The predicted molar refractivity (Wildman–Crippen MR) is 95.8 cm³/mol. The minimum Gasteiger partial charge on any atom is -0.406 e. The van der Waals surface area contributed by atoms with E-state index in [1.807, 2.05) is 4.90 Å². The van der Waals surface area contributed by atoms with Gasteiger partial charge in [0.1, 0.15) is 11.6 Å². The van der Waals surface area contributed by atoms with E-state index in [9.17, 15) is 17.6 Å². The molecule has 1 fully saturated rings. The van der Waals surface area contributed by atoms with Gasteiger partial charge in [-0.2, -0.15) is 0 Å². The number of piperazine rings is 1. The number of benzene rings is 2. The van der Waals surface area contributed by atoms with Gasteiger partial charge in [-0.3, -0.25) is 4.90 Å². The van der Waals surface area contributed by atoms with Crippen molar-refractivity contribution in [1.29, 1.82) is 0 Å². The van der Waals surface area contributed by atoms with Gasteiger partial charge in [0.25, 0.3) is 0 Å². The Hall–Kier alpha value is -1.54. The Morgan fingerprint density at radius 3 is 2.22 bits per heavy atom. The van der Waals surface area contributed by atoms with E-state index in [0.29, 0.717) is 31.7 Å². The van der Waals surface area contributed by atoms with Crippen molar-refractivity contribution in [2.24, 2.45) is 0 Å². The highest BCUT2D eigenvalue weighted by atomic mass is 35.5. The smallest absolute Gasteiger partial charge is 0.406 e. The Kier molecular flexibility index (Phi) is 6.15. The second kappa shape index (κ2) is 8.22. The van der Waals surface area contributed by atoms with Crippen molar-refractivity contribution in [1.82, 2.24) is 10.2 Å². The molecule has 1 N–H and O–H groups in total. The van der Waals surface area contributed by atoms with E-state index in [-0.39, 0.29) is 21.4 Å². The zero-order valence-electron chi connectivity index (χ0n) is 14.0. The van der Waals surface area contributed by atoms with Crippen LogP contribution in [0.4, 0.5) is 17.6 Å². The van der Waals surface area contributed by atoms with Gasteiger partial charge in [0.2, 0.25) is 0 Å². The number of nitrogens with zero attached hydrogens (tertiary/aromatic N) is 1. The van der Waals surface area contributed by atoms with Gasteiger partial charge in [-0.25, -0.2) is 4.39 Å². The van der Waals surface area contributed by atoms with E-state index < -0.39 is 18.2 Å². The van der Waals surface area contributed by atoms with Crippen LogP contribution in [0.2, 0.25) is 10.0 Å². The summed E-state index contributed by atoms with van der Waals surface area (Å²) >= 11 is 12.4. The van der Waals surface area contributed by atoms with Crippen molar-refractivity contribution in [3.05, 3.63) is 63.4 Å². The van der Waals surface area contributed by atoms with Gasteiger partial charge in [-0.05, 0) is 29.8 Å². The number of rotatable bonds is 4. The van der Waals surface area contributed by atoms with Crippen LogP contribution in [0.3, 0.4) is 0 Å². The number of ether oxygens (including phenoxy) is 1. The quantitative estimate of drug-likeness (QED) is 0.552. The molecule has 0 unspecified atom stereocenters. The van der Waals surface area contributed by atoms with Crippen LogP contribution in [0.1, 0.15) is 17.2 Å². The summed E-state index contributed by atoms with van der Waals surface area (Å²) in [7, 11) is 0. The van der Waals surface area contributed by atoms with Gasteiger partial charge < -0.3 is 10.1 Å². The lowest BCUT2D eigenvalue weighted by Crippen LogP contribution is -2.45. The van der Waals surface area contributed by atoms with Crippen molar-refractivity contribution in [3.63, 3.8) is 0 Å². The van der Waals surface area contributed by atoms with E-state index in [1.165, 1.54) is 36.4 Å². The molecule has 3 nitrogen and oxygen atoms in total. The maximum Gasteiger partial charge on any atom is 0.573 e. The first-order valence-corrected chi connectivity index (χ1v) is 8.96. The Morgan fingerprint density at radius 2 is 1.63 bits per heavy atom. The van der Waals surface area contributed by atoms with Crippen LogP contribution in [0.25, 0.3) is 0 Å². The fraction of sp³-hybridized carbons (Fsp3) is 0.333. The number of hydrogen-bond donors (Lipinski definition) is 1. The Bertz CT molecular complexity index is 793.